The smallest absolute Gasteiger partial charge is 0.233 e. The van der Waals surface area contributed by atoms with E-state index in [1.54, 1.807) is 0 Å². The number of carbonyl (C=O) groups excluding carboxylic acids is 1. The second-order valence-electron chi connectivity index (χ2n) is 6.04. The zero-order valence-corrected chi connectivity index (χ0v) is 14.6. The van der Waals surface area contributed by atoms with Crippen LogP contribution in [-0.2, 0) is 4.79 Å². The fraction of sp³-hybridized carbons (Fsp3) is 0.500. The number of aryl methyl sites for hydroxylation is 1. The standard InChI is InChI=1S/C18H23N3OS/c1-3-14-8-6-7-11-21(14)17(22)12-23-18-19-13(2)15-9-4-5-10-16(15)20-18/h4-5,9-10,14H,3,6-8,11-12H2,1-2H3/t14-/m0/s1. The van der Waals surface area contributed by atoms with Gasteiger partial charge in [0.15, 0.2) is 5.16 Å². The summed E-state index contributed by atoms with van der Waals surface area (Å²) in [5.74, 6) is 0.643. The van der Waals surface area contributed by atoms with Crippen LogP contribution in [-0.4, -0.2) is 39.1 Å². The van der Waals surface area contributed by atoms with Gasteiger partial charge >= 0.3 is 0 Å². The van der Waals surface area contributed by atoms with Gasteiger partial charge in [0.1, 0.15) is 0 Å². The Balaban J connectivity index is 1.69. The minimum Gasteiger partial charge on any atom is -0.339 e. The minimum atomic E-state index is 0.218. The molecule has 0 spiro atoms. The van der Waals surface area contributed by atoms with Crippen LogP contribution in [0, 0.1) is 6.92 Å². The third-order valence-corrected chi connectivity index (χ3v) is 5.35. The summed E-state index contributed by atoms with van der Waals surface area (Å²) in [7, 11) is 0. The third kappa shape index (κ3) is 3.66. The summed E-state index contributed by atoms with van der Waals surface area (Å²) in [6.07, 6.45) is 4.54. The van der Waals surface area contributed by atoms with Crippen molar-refractivity contribution >= 4 is 28.6 Å². The van der Waals surface area contributed by atoms with Gasteiger partial charge in [0.25, 0.3) is 0 Å². The Morgan fingerprint density at radius 2 is 2.13 bits per heavy atom. The molecule has 0 aliphatic carbocycles. The van der Waals surface area contributed by atoms with Gasteiger partial charge in [-0.3, -0.25) is 4.79 Å². The van der Waals surface area contributed by atoms with Crippen molar-refractivity contribution in [2.45, 2.75) is 50.7 Å². The van der Waals surface area contributed by atoms with E-state index in [0.717, 1.165) is 42.4 Å². The van der Waals surface area contributed by atoms with Gasteiger partial charge in [-0.25, -0.2) is 9.97 Å². The molecule has 3 rings (SSSR count). The van der Waals surface area contributed by atoms with Crippen molar-refractivity contribution in [3.63, 3.8) is 0 Å². The molecule has 0 saturated carbocycles. The number of piperidine rings is 1. The highest BCUT2D eigenvalue weighted by atomic mass is 32.2. The molecule has 0 bridgehead atoms. The number of aromatic nitrogens is 2. The van der Waals surface area contributed by atoms with Crippen LogP contribution < -0.4 is 0 Å². The summed E-state index contributed by atoms with van der Waals surface area (Å²) in [6.45, 7) is 5.06. The fourth-order valence-corrected chi connectivity index (χ4v) is 4.02. The first-order valence-corrected chi connectivity index (χ1v) is 9.33. The average molecular weight is 329 g/mol. The highest BCUT2D eigenvalue weighted by Crippen LogP contribution is 2.23. The van der Waals surface area contributed by atoms with E-state index in [-0.39, 0.29) is 5.91 Å². The quantitative estimate of drug-likeness (QED) is 0.632. The molecule has 2 aromatic rings. The molecule has 2 heterocycles. The van der Waals surface area contributed by atoms with Crippen molar-refractivity contribution < 1.29 is 4.79 Å². The van der Waals surface area contributed by atoms with Crippen LogP contribution in [0.2, 0.25) is 0 Å². The van der Waals surface area contributed by atoms with Crippen LogP contribution in [0.5, 0.6) is 0 Å². The summed E-state index contributed by atoms with van der Waals surface area (Å²) in [5.41, 5.74) is 1.91. The minimum absolute atomic E-state index is 0.218. The monoisotopic (exact) mass is 329 g/mol. The van der Waals surface area contributed by atoms with E-state index in [1.165, 1.54) is 18.2 Å². The number of hydrogen-bond acceptors (Lipinski definition) is 4. The summed E-state index contributed by atoms with van der Waals surface area (Å²) in [4.78, 5) is 23.7. The van der Waals surface area contributed by atoms with Gasteiger partial charge in [-0.05, 0) is 38.7 Å². The van der Waals surface area contributed by atoms with Crippen molar-refractivity contribution in [2.24, 2.45) is 0 Å². The number of nitrogens with zero attached hydrogens (tertiary/aromatic N) is 3. The molecule has 23 heavy (non-hydrogen) atoms. The van der Waals surface area contributed by atoms with Crippen LogP contribution in [0.3, 0.4) is 0 Å². The molecule has 1 aliphatic heterocycles. The van der Waals surface area contributed by atoms with E-state index in [1.807, 2.05) is 31.2 Å². The van der Waals surface area contributed by atoms with Gasteiger partial charge < -0.3 is 4.90 Å². The van der Waals surface area contributed by atoms with Crippen LogP contribution in [0.4, 0.5) is 0 Å². The van der Waals surface area contributed by atoms with E-state index in [9.17, 15) is 4.79 Å². The number of para-hydroxylation sites is 1. The molecule has 0 N–H and O–H groups in total. The number of benzene rings is 1. The van der Waals surface area contributed by atoms with E-state index in [0.29, 0.717) is 17.0 Å². The molecule has 1 amide bonds. The molecular weight excluding hydrogens is 306 g/mol. The van der Waals surface area contributed by atoms with Crippen LogP contribution >= 0.6 is 11.8 Å². The largest absolute Gasteiger partial charge is 0.339 e. The molecule has 4 nitrogen and oxygen atoms in total. The van der Waals surface area contributed by atoms with Gasteiger partial charge in [-0.15, -0.1) is 0 Å². The first kappa shape index (κ1) is 16.2. The Morgan fingerprint density at radius 3 is 2.96 bits per heavy atom. The summed E-state index contributed by atoms with van der Waals surface area (Å²) < 4.78 is 0. The summed E-state index contributed by atoms with van der Waals surface area (Å²) in [6, 6.07) is 8.41. The van der Waals surface area contributed by atoms with Crippen LogP contribution in [0.25, 0.3) is 10.9 Å². The molecule has 1 fully saturated rings. The van der Waals surface area contributed by atoms with E-state index < -0.39 is 0 Å². The lowest BCUT2D eigenvalue weighted by Gasteiger charge is -2.35. The average Bonchev–Trinajstić information content (AvgIpc) is 2.59. The van der Waals surface area contributed by atoms with Gasteiger partial charge in [-0.2, -0.15) is 0 Å². The number of likely N-dealkylation sites (tertiary alicyclic amines) is 1. The first-order valence-electron chi connectivity index (χ1n) is 8.34. The molecule has 1 saturated heterocycles. The number of thioether (sulfide) groups is 1. The highest BCUT2D eigenvalue weighted by molar-refractivity contribution is 7.99. The molecule has 0 radical (unpaired) electrons. The maximum absolute atomic E-state index is 12.5. The molecule has 1 aromatic heterocycles. The number of rotatable bonds is 4. The lowest BCUT2D eigenvalue weighted by Crippen LogP contribution is -2.44. The normalized spacial score (nSPS) is 18.3. The Bertz CT molecular complexity index is 704. The zero-order valence-electron chi connectivity index (χ0n) is 13.8. The molecule has 0 unspecified atom stereocenters. The number of amides is 1. The number of fused-ring (bicyclic) bond motifs is 1. The topological polar surface area (TPSA) is 46.1 Å². The van der Waals surface area contributed by atoms with Gasteiger partial charge in [0, 0.05) is 23.7 Å². The van der Waals surface area contributed by atoms with Gasteiger partial charge in [0.05, 0.1) is 11.3 Å². The molecule has 122 valence electrons. The van der Waals surface area contributed by atoms with E-state index >= 15 is 0 Å². The Morgan fingerprint density at radius 1 is 1.30 bits per heavy atom. The van der Waals surface area contributed by atoms with Crippen molar-refractivity contribution in [2.75, 3.05) is 12.3 Å². The highest BCUT2D eigenvalue weighted by Gasteiger charge is 2.25. The predicted molar refractivity (Wildman–Crippen MR) is 94.6 cm³/mol. The number of carbonyl (C=O) groups is 1. The molecule has 5 heteroatoms. The van der Waals surface area contributed by atoms with Gasteiger partial charge in [-0.1, -0.05) is 36.9 Å². The van der Waals surface area contributed by atoms with E-state index in [2.05, 4.69) is 21.8 Å². The molecule has 1 atom stereocenters. The second kappa shape index (κ2) is 7.30. The van der Waals surface area contributed by atoms with Crippen molar-refractivity contribution in [3.05, 3.63) is 30.0 Å². The zero-order chi connectivity index (χ0) is 16.2. The maximum atomic E-state index is 12.5. The van der Waals surface area contributed by atoms with Crippen molar-refractivity contribution in [1.29, 1.82) is 0 Å². The second-order valence-corrected chi connectivity index (χ2v) is 6.98. The van der Waals surface area contributed by atoms with E-state index in [4.69, 9.17) is 0 Å². The Kier molecular flexibility index (Phi) is 5.16. The third-order valence-electron chi connectivity index (χ3n) is 4.52. The lowest BCUT2D eigenvalue weighted by molar-refractivity contribution is -0.132. The predicted octanol–water partition coefficient (Wildman–Crippen LogP) is 3.82. The van der Waals surface area contributed by atoms with Gasteiger partial charge in [0.2, 0.25) is 5.91 Å². The van der Waals surface area contributed by atoms with Crippen LogP contribution in [0.15, 0.2) is 29.4 Å². The maximum Gasteiger partial charge on any atom is 0.233 e. The summed E-state index contributed by atoms with van der Waals surface area (Å²) in [5, 5.41) is 1.77. The Labute approximate surface area is 141 Å². The number of hydrogen-bond donors (Lipinski definition) is 0. The van der Waals surface area contributed by atoms with Crippen molar-refractivity contribution in [1.82, 2.24) is 14.9 Å². The first-order chi connectivity index (χ1) is 11.2. The fourth-order valence-electron chi connectivity index (χ4n) is 3.24. The lowest BCUT2D eigenvalue weighted by atomic mass is 10.0. The summed E-state index contributed by atoms with van der Waals surface area (Å²) >= 11 is 1.45. The van der Waals surface area contributed by atoms with Crippen molar-refractivity contribution in [3.8, 4) is 0 Å². The SMILES string of the molecule is CC[C@H]1CCCCN1C(=O)CSc1nc(C)c2ccccc2n1. The molecular formula is C18H23N3OS. The molecule has 1 aromatic carbocycles. The molecule has 1 aliphatic rings. The van der Waals surface area contributed by atoms with Crippen LogP contribution in [0.1, 0.15) is 38.3 Å². The Hall–Kier alpha value is -1.62.